The molecule has 1 N–H and O–H groups in total. The van der Waals surface area contributed by atoms with Crippen molar-refractivity contribution in [1.82, 2.24) is 20.4 Å². The first-order chi connectivity index (χ1) is 9.60. The SMILES string of the molecule is CCNC(Cc1nc(-c2ccc(F)cn2)no1)C(C)C. The van der Waals surface area contributed by atoms with Gasteiger partial charge in [-0.1, -0.05) is 25.9 Å². The van der Waals surface area contributed by atoms with Gasteiger partial charge in [0.05, 0.1) is 6.20 Å². The van der Waals surface area contributed by atoms with Crippen molar-refractivity contribution in [2.75, 3.05) is 6.54 Å². The molecule has 0 saturated carbocycles. The number of nitrogens with one attached hydrogen (secondary N) is 1. The summed E-state index contributed by atoms with van der Waals surface area (Å²) < 4.78 is 18.1. The molecule has 0 saturated heterocycles. The van der Waals surface area contributed by atoms with Crippen molar-refractivity contribution < 1.29 is 8.91 Å². The molecule has 108 valence electrons. The minimum atomic E-state index is -0.385. The standard InChI is InChI=1S/C14H19FN4O/c1-4-16-12(9(2)3)7-13-18-14(19-20-13)11-6-5-10(15)8-17-11/h5-6,8-9,12,16H,4,7H2,1-3H3. The van der Waals surface area contributed by atoms with Crippen molar-refractivity contribution in [1.29, 1.82) is 0 Å². The van der Waals surface area contributed by atoms with E-state index in [1.807, 2.05) is 0 Å². The monoisotopic (exact) mass is 278 g/mol. The summed E-state index contributed by atoms with van der Waals surface area (Å²) in [7, 11) is 0. The van der Waals surface area contributed by atoms with Crippen LogP contribution in [0.3, 0.4) is 0 Å². The number of likely N-dealkylation sites (N-methyl/N-ethyl adjacent to an activating group) is 1. The summed E-state index contributed by atoms with van der Waals surface area (Å²) in [4.78, 5) is 8.25. The number of rotatable bonds is 6. The number of halogens is 1. The van der Waals surface area contributed by atoms with Crippen LogP contribution in [0.5, 0.6) is 0 Å². The smallest absolute Gasteiger partial charge is 0.228 e. The summed E-state index contributed by atoms with van der Waals surface area (Å²) in [6.45, 7) is 7.25. The second-order valence-corrected chi connectivity index (χ2v) is 4.99. The molecule has 0 aromatic carbocycles. The molecule has 0 spiro atoms. The minimum Gasteiger partial charge on any atom is -0.339 e. The van der Waals surface area contributed by atoms with Gasteiger partial charge in [0.2, 0.25) is 11.7 Å². The van der Waals surface area contributed by atoms with Crippen molar-refractivity contribution in [2.45, 2.75) is 33.2 Å². The van der Waals surface area contributed by atoms with Gasteiger partial charge in [-0.15, -0.1) is 0 Å². The summed E-state index contributed by atoms with van der Waals surface area (Å²) >= 11 is 0. The first kappa shape index (κ1) is 14.6. The van der Waals surface area contributed by atoms with Crippen LogP contribution in [-0.2, 0) is 6.42 Å². The van der Waals surface area contributed by atoms with E-state index in [0.717, 1.165) is 12.7 Å². The van der Waals surface area contributed by atoms with Crippen molar-refractivity contribution >= 4 is 0 Å². The molecule has 0 aliphatic carbocycles. The highest BCUT2D eigenvalue weighted by Crippen LogP contribution is 2.15. The quantitative estimate of drug-likeness (QED) is 0.879. The van der Waals surface area contributed by atoms with E-state index in [0.29, 0.717) is 29.7 Å². The average molecular weight is 278 g/mol. The summed E-state index contributed by atoms with van der Waals surface area (Å²) in [5.41, 5.74) is 0.506. The van der Waals surface area contributed by atoms with Crippen LogP contribution in [0.25, 0.3) is 11.5 Å². The van der Waals surface area contributed by atoms with Crippen LogP contribution in [0, 0.1) is 11.7 Å². The molecule has 0 amide bonds. The molecule has 2 rings (SSSR count). The van der Waals surface area contributed by atoms with Crippen LogP contribution >= 0.6 is 0 Å². The number of nitrogens with zero attached hydrogens (tertiary/aromatic N) is 3. The highest BCUT2D eigenvalue weighted by Gasteiger charge is 2.17. The lowest BCUT2D eigenvalue weighted by molar-refractivity contribution is 0.329. The highest BCUT2D eigenvalue weighted by atomic mass is 19.1. The Morgan fingerprint density at radius 1 is 1.35 bits per heavy atom. The van der Waals surface area contributed by atoms with E-state index in [-0.39, 0.29) is 11.9 Å². The van der Waals surface area contributed by atoms with Crippen molar-refractivity contribution in [2.24, 2.45) is 5.92 Å². The summed E-state index contributed by atoms with van der Waals surface area (Å²) in [6, 6.07) is 3.15. The first-order valence-corrected chi connectivity index (χ1v) is 6.78. The molecule has 2 aromatic heterocycles. The maximum absolute atomic E-state index is 12.8. The lowest BCUT2D eigenvalue weighted by Crippen LogP contribution is -2.35. The largest absolute Gasteiger partial charge is 0.339 e. The van der Waals surface area contributed by atoms with Crippen molar-refractivity contribution in [3.8, 4) is 11.5 Å². The Balaban J connectivity index is 2.10. The molecular formula is C14H19FN4O. The van der Waals surface area contributed by atoms with Crippen LogP contribution < -0.4 is 5.32 Å². The van der Waals surface area contributed by atoms with E-state index in [1.54, 1.807) is 0 Å². The van der Waals surface area contributed by atoms with Gasteiger partial charge >= 0.3 is 0 Å². The molecule has 0 aliphatic rings. The van der Waals surface area contributed by atoms with Gasteiger partial charge in [0.25, 0.3) is 0 Å². The second kappa shape index (κ2) is 6.56. The fraction of sp³-hybridized carbons (Fsp3) is 0.500. The maximum Gasteiger partial charge on any atom is 0.228 e. The molecule has 1 unspecified atom stereocenters. The van der Waals surface area contributed by atoms with Gasteiger partial charge in [0, 0.05) is 12.5 Å². The van der Waals surface area contributed by atoms with E-state index >= 15 is 0 Å². The fourth-order valence-electron chi connectivity index (χ4n) is 1.94. The molecule has 6 heteroatoms. The van der Waals surface area contributed by atoms with Crippen LogP contribution in [0.15, 0.2) is 22.9 Å². The lowest BCUT2D eigenvalue weighted by atomic mass is 10.0. The Labute approximate surface area is 117 Å². The molecule has 0 aliphatic heterocycles. The molecule has 0 bridgehead atoms. The number of hydrogen-bond donors (Lipinski definition) is 1. The normalized spacial score (nSPS) is 12.8. The summed E-state index contributed by atoms with van der Waals surface area (Å²) in [5.74, 6) is 1.03. The van der Waals surface area contributed by atoms with Gasteiger partial charge in [-0.05, 0) is 24.6 Å². The molecule has 20 heavy (non-hydrogen) atoms. The summed E-state index contributed by atoms with van der Waals surface area (Å²) in [6.07, 6.45) is 1.81. The minimum absolute atomic E-state index is 0.287. The Hall–Kier alpha value is -1.82. The predicted octanol–water partition coefficient (Wildman–Crippen LogP) is 2.45. The van der Waals surface area contributed by atoms with Crippen LogP contribution in [-0.4, -0.2) is 27.7 Å². The molecule has 2 heterocycles. The first-order valence-electron chi connectivity index (χ1n) is 6.78. The molecule has 0 radical (unpaired) electrons. The van der Waals surface area contributed by atoms with E-state index < -0.39 is 0 Å². The Morgan fingerprint density at radius 2 is 2.15 bits per heavy atom. The van der Waals surface area contributed by atoms with Crippen LogP contribution in [0.1, 0.15) is 26.7 Å². The van der Waals surface area contributed by atoms with E-state index in [4.69, 9.17) is 4.52 Å². The Morgan fingerprint density at radius 3 is 2.75 bits per heavy atom. The van der Waals surface area contributed by atoms with Gasteiger partial charge in [-0.3, -0.25) is 0 Å². The zero-order chi connectivity index (χ0) is 14.5. The molecule has 0 fully saturated rings. The Bertz CT molecular complexity index is 538. The lowest BCUT2D eigenvalue weighted by Gasteiger charge is -2.19. The van der Waals surface area contributed by atoms with Gasteiger partial charge in [-0.2, -0.15) is 4.98 Å². The topological polar surface area (TPSA) is 63.8 Å². The third-order valence-corrected chi connectivity index (χ3v) is 3.09. The van der Waals surface area contributed by atoms with Gasteiger partial charge < -0.3 is 9.84 Å². The third kappa shape index (κ3) is 3.60. The predicted molar refractivity (Wildman–Crippen MR) is 73.5 cm³/mol. The van der Waals surface area contributed by atoms with E-state index in [9.17, 15) is 4.39 Å². The average Bonchev–Trinajstić information content (AvgIpc) is 2.87. The van der Waals surface area contributed by atoms with Gasteiger partial charge in [-0.25, -0.2) is 9.37 Å². The van der Waals surface area contributed by atoms with E-state index in [2.05, 4.69) is 41.2 Å². The summed E-state index contributed by atoms with van der Waals surface area (Å²) in [5, 5.41) is 7.28. The second-order valence-electron chi connectivity index (χ2n) is 4.99. The van der Waals surface area contributed by atoms with Crippen molar-refractivity contribution in [3.63, 3.8) is 0 Å². The van der Waals surface area contributed by atoms with Crippen LogP contribution in [0.2, 0.25) is 0 Å². The highest BCUT2D eigenvalue weighted by molar-refractivity contribution is 5.47. The van der Waals surface area contributed by atoms with Gasteiger partial charge in [0.15, 0.2) is 0 Å². The number of pyridine rings is 1. The number of hydrogen-bond acceptors (Lipinski definition) is 5. The molecule has 1 atom stereocenters. The van der Waals surface area contributed by atoms with Gasteiger partial charge in [0.1, 0.15) is 11.5 Å². The molecule has 2 aromatic rings. The van der Waals surface area contributed by atoms with E-state index in [1.165, 1.54) is 12.1 Å². The fourth-order valence-corrected chi connectivity index (χ4v) is 1.94. The zero-order valence-electron chi connectivity index (χ0n) is 11.9. The third-order valence-electron chi connectivity index (χ3n) is 3.09. The van der Waals surface area contributed by atoms with Crippen molar-refractivity contribution in [3.05, 3.63) is 30.0 Å². The molecular weight excluding hydrogens is 259 g/mol. The zero-order valence-corrected chi connectivity index (χ0v) is 11.9. The molecule has 5 nitrogen and oxygen atoms in total. The number of aromatic nitrogens is 3. The maximum atomic E-state index is 12.8. The van der Waals surface area contributed by atoms with Crippen LogP contribution in [0.4, 0.5) is 4.39 Å². The Kier molecular flexibility index (Phi) is 4.79.